The Morgan fingerprint density at radius 2 is 2.14 bits per heavy atom. The summed E-state index contributed by atoms with van der Waals surface area (Å²) in [6.45, 7) is 7.95. The molecule has 1 unspecified atom stereocenters. The molecule has 0 saturated carbocycles. The molecule has 1 saturated heterocycles. The highest BCUT2D eigenvalue weighted by molar-refractivity contribution is 7.07. The summed E-state index contributed by atoms with van der Waals surface area (Å²) in [6, 6.07) is 6.09. The van der Waals surface area contributed by atoms with Gasteiger partial charge in [-0.3, -0.25) is 9.69 Å². The zero-order chi connectivity index (χ0) is 15.7. The van der Waals surface area contributed by atoms with E-state index in [4.69, 9.17) is 0 Å². The van der Waals surface area contributed by atoms with Gasteiger partial charge in [0, 0.05) is 24.1 Å². The minimum Gasteiger partial charge on any atom is -0.277 e. The van der Waals surface area contributed by atoms with Crippen molar-refractivity contribution in [2.45, 2.75) is 51.7 Å². The van der Waals surface area contributed by atoms with Gasteiger partial charge in [0.05, 0.1) is 12.4 Å². The summed E-state index contributed by atoms with van der Waals surface area (Å²) < 4.78 is 1.62. The fraction of sp³-hybridized carbons (Fsp3) is 0.529. The van der Waals surface area contributed by atoms with E-state index in [0.29, 0.717) is 12.7 Å². The van der Waals surface area contributed by atoms with E-state index >= 15 is 0 Å². The molecule has 0 spiro atoms. The average Bonchev–Trinajstić information content (AvgIpc) is 3.10. The van der Waals surface area contributed by atoms with Crippen LogP contribution >= 0.6 is 11.3 Å². The third kappa shape index (κ3) is 3.15. The lowest BCUT2D eigenvalue weighted by molar-refractivity contribution is 0.185. The zero-order valence-electron chi connectivity index (χ0n) is 13.5. The molecule has 1 fully saturated rings. The Balaban J connectivity index is 1.85. The van der Waals surface area contributed by atoms with Gasteiger partial charge in [-0.2, -0.15) is 16.4 Å². The molecule has 5 heteroatoms. The van der Waals surface area contributed by atoms with Crippen molar-refractivity contribution in [3.8, 4) is 0 Å². The smallest absolute Gasteiger partial charge is 0.267 e. The highest BCUT2D eigenvalue weighted by Crippen LogP contribution is 2.33. The summed E-state index contributed by atoms with van der Waals surface area (Å²) in [5, 5.41) is 8.92. The first-order chi connectivity index (χ1) is 10.4. The Morgan fingerprint density at radius 1 is 1.32 bits per heavy atom. The summed E-state index contributed by atoms with van der Waals surface area (Å²) in [5.74, 6) is 0. The van der Waals surface area contributed by atoms with E-state index in [-0.39, 0.29) is 11.0 Å². The molecule has 22 heavy (non-hydrogen) atoms. The highest BCUT2D eigenvalue weighted by atomic mass is 32.1. The van der Waals surface area contributed by atoms with E-state index in [2.05, 4.69) is 47.6 Å². The van der Waals surface area contributed by atoms with Crippen LogP contribution < -0.4 is 5.56 Å². The van der Waals surface area contributed by atoms with Crippen molar-refractivity contribution in [2.75, 3.05) is 6.54 Å². The van der Waals surface area contributed by atoms with Crippen molar-refractivity contribution in [2.24, 2.45) is 0 Å². The molecule has 3 rings (SSSR count). The molecule has 1 aliphatic rings. The first-order valence-corrected chi connectivity index (χ1v) is 8.74. The predicted molar refractivity (Wildman–Crippen MR) is 90.2 cm³/mol. The fourth-order valence-electron chi connectivity index (χ4n) is 2.96. The van der Waals surface area contributed by atoms with Crippen molar-refractivity contribution < 1.29 is 0 Å². The van der Waals surface area contributed by atoms with Crippen molar-refractivity contribution in [1.82, 2.24) is 14.7 Å². The Morgan fingerprint density at radius 3 is 2.82 bits per heavy atom. The lowest BCUT2D eigenvalue weighted by atomic mass is 9.92. The summed E-state index contributed by atoms with van der Waals surface area (Å²) in [4.78, 5) is 14.5. The van der Waals surface area contributed by atoms with Gasteiger partial charge in [0.1, 0.15) is 0 Å². The van der Waals surface area contributed by atoms with Crippen LogP contribution in [0.15, 0.2) is 33.8 Å². The second-order valence-electron chi connectivity index (χ2n) is 6.97. The van der Waals surface area contributed by atoms with Crippen molar-refractivity contribution >= 4 is 11.3 Å². The van der Waals surface area contributed by atoms with E-state index in [0.717, 1.165) is 18.7 Å². The van der Waals surface area contributed by atoms with Gasteiger partial charge in [-0.05, 0) is 41.3 Å². The van der Waals surface area contributed by atoms with Gasteiger partial charge < -0.3 is 0 Å². The summed E-state index contributed by atoms with van der Waals surface area (Å²) in [7, 11) is 0. The molecule has 2 aromatic rings. The van der Waals surface area contributed by atoms with Crippen LogP contribution in [-0.4, -0.2) is 21.2 Å². The molecule has 0 amide bonds. The van der Waals surface area contributed by atoms with Crippen LogP contribution in [0.4, 0.5) is 0 Å². The van der Waals surface area contributed by atoms with Gasteiger partial charge in [0.15, 0.2) is 0 Å². The number of thiophene rings is 1. The van der Waals surface area contributed by atoms with Crippen molar-refractivity contribution in [3.63, 3.8) is 0 Å². The Bertz CT molecular complexity index is 685. The molecule has 0 aromatic carbocycles. The van der Waals surface area contributed by atoms with Gasteiger partial charge in [0.2, 0.25) is 0 Å². The van der Waals surface area contributed by atoms with Crippen molar-refractivity contribution in [3.05, 3.63) is 50.6 Å². The molecule has 2 aromatic heterocycles. The monoisotopic (exact) mass is 317 g/mol. The fourth-order valence-corrected chi connectivity index (χ4v) is 3.67. The first-order valence-electron chi connectivity index (χ1n) is 7.80. The Labute approximate surface area is 135 Å². The van der Waals surface area contributed by atoms with Crippen molar-refractivity contribution in [1.29, 1.82) is 0 Å². The quantitative estimate of drug-likeness (QED) is 0.871. The second kappa shape index (κ2) is 5.97. The third-order valence-electron chi connectivity index (χ3n) is 4.24. The number of hydrogen-bond acceptors (Lipinski definition) is 4. The molecule has 0 N–H and O–H groups in total. The van der Waals surface area contributed by atoms with Gasteiger partial charge in [-0.1, -0.05) is 20.8 Å². The first kappa shape index (κ1) is 15.4. The van der Waals surface area contributed by atoms with E-state index in [1.54, 1.807) is 22.1 Å². The van der Waals surface area contributed by atoms with E-state index < -0.39 is 0 Å². The van der Waals surface area contributed by atoms with E-state index in [9.17, 15) is 4.79 Å². The molecule has 1 atom stereocenters. The second-order valence-corrected chi connectivity index (χ2v) is 7.75. The molecule has 0 aliphatic carbocycles. The lowest BCUT2D eigenvalue weighted by Crippen LogP contribution is -2.34. The van der Waals surface area contributed by atoms with Gasteiger partial charge in [-0.25, -0.2) is 4.68 Å². The van der Waals surface area contributed by atoms with Crippen LogP contribution in [0.1, 0.15) is 50.9 Å². The van der Waals surface area contributed by atoms with Gasteiger partial charge >= 0.3 is 0 Å². The summed E-state index contributed by atoms with van der Waals surface area (Å²) in [6.07, 6.45) is 2.33. The number of hydrogen-bond donors (Lipinski definition) is 0. The lowest BCUT2D eigenvalue weighted by Gasteiger charge is -2.25. The van der Waals surface area contributed by atoms with E-state index in [1.165, 1.54) is 12.0 Å². The van der Waals surface area contributed by atoms with Gasteiger partial charge in [0.25, 0.3) is 5.56 Å². The minimum absolute atomic E-state index is 0.0241. The topological polar surface area (TPSA) is 38.1 Å². The third-order valence-corrected chi connectivity index (χ3v) is 4.94. The molecule has 0 radical (unpaired) electrons. The molecule has 0 bridgehead atoms. The highest BCUT2D eigenvalue weighted by Gasteiger charge is 2.27. The van der Waals surface area contributed by atoms with Crippen LogP contribution in [0.2, 0.25) is 0 Å². The van der Waals surface area contributed by atoms with E-state index in [1.807, 2.05) is 6.07 Å². The number of aromatic nitrogens is 2. The van der Waals surface area contributed by atoms with Crippen LogP contribution in [0.5, 0.6) is 0 Å². The molecule has 118 valence electrons. The zero-order valence-corrected chi connectivity index (χ0v) is 14.3. The van der Waals surface area contributed by atoms with Crippen LogP contribution in [0, 0.1) is 0 Å². The Kier molecular flexibility index (Phi) is 4.19. The molecular formula is C17H23N3OS. The summed E-state index contributed by atoms with van der Waals surface area (Å²) in [5.41, 5.74) is 2.25. The van der Waals surface area contributed by atoms with Crippen LogP contribution in [-0.2, 0) is 12.1 Å². The molecule has 1 aliphatic heterocycles. The maximum Gasteiger partial charge on any atom is 0.267 e. The predicted octanol–water partition coefficient (Wildman–Crippen LogP) is 3.40. The molecule has 3 heterocycles. The average molecular weight is 317 g/mol. The minimum atomic E-state index is -0.0484. The maximum absolute atomic E-state index is 12.2. The maximum atomic E-state index is 12.2. The normalized spacial score (nSPS) is 19.7. The van der Waals surface area contributed by atoms with Crippen LogP contribution in [0.25, 0.3) is 0 Å². The van der Waals surface area contributed by atoms with Crippen LogP contribution in [0.3, 0.4) is 0 Å². The standard InChI is InChI=1S/C17H23N3OS/c1-17(2,3)15-6-7-16(21)20(18-15)12-19-9-4-5-14(19)13-8-10-22-11-13/h6-8,10-11,14H,4-5,9,12H2,1-3H3. The largest absolute Gasteiger partial charge is 0.277 e. The van der Waals surface area contributed by atoms with Gasteiger partial charge in [-0.15, -0.1) is 0 Å². The number of likely N-dealkylation sites (tertiary alicyclic amines) is 1. The molecular weight excluding hydrogens is 294 g/mol. The number of nitrogens with zero attached hydrogens (tertiary/aromatic N) is 3. The Hall–Kier alpha value is -1.46. The SMILES string of the molecule is CC(C)(C)c1ccc(=O)n(CN2CCCC2c2ccsc2)n1. The summed E-state index contributed by atoms with van der Waals surface area (Å²) >= 11 is 1.73. The number of rotatable bonds is 3. The molecule has 4 nitrogen and oxygen atoms in total.